The third-order valence-electron chi connectivity index (χ3n) is 3.08. The average molecular weight is 293 g/mol. The smallest absolute Gasteiger partial charge is 0.333 e. The highest BCUT2D eigenvalue weighted by Gasteiger charge is 2.30. The molecule has 0 aliphatic rings. The molecule has 1 aromatic heterocycles. The van der Waals surface area contributed by atoms with Crippen LogP contribution in [0.2, 0.25) is 0 Å². The SMILES string of the molecule is Cc1nn(C(C)C)c(N(CCC#N)CC(C)C)c1[N+](=O)[O-]. The second-order valence-electron chi connectivity index (χ2n) is 5.80. The van der Waals surface area contributed by atoms with E-state index < -0.39 is 0 Å². The largest absolute Gasteiger partial charge is 0.350 e. The van der Waals surface area contributed by atoms with Gasteiger partial charge in [0.05, 0.1) is 17.4 Å². The maximum Gasteiger partial charge on any atom is 0.333 e. The zero-order valence-electron chi connectivity index (χ0n) is 13.3. The van der Waals surface area contributed by atoms with Crippen LogP contribution < -0.4 is 4.90 Å². The zero-order valence-corrected chi connectivity index (χ0v) is 13.3. The highest BCUT2D eigenvalue weighted by Crippen LogP contribution is 2.34. The quantitative estimate of drug-likeness (QED) is 0.569. The molecule has 0 unspecified atom stereocenters. The van der Waals surface area contributed by atoms with Gasteiger partial charge < -0.3 is 4.90 Å². The molecule has 7 heteroatoms. The average Bonchev–Trinajstić information content (AvgIpc) is 2.71. The summed E-state index contributed by atoms with van der Waals surface area (Å²) in [5.41, 5.74) is 0.455. The summed E-state index contributed by atoms with van der Waals surface area (Å²) in [5.74, 6) is 0.843. The van der Waals surface area contributed by atoms with Gasteiger partial charge in [0.15, 0.2) is 0 Å². The van der Waals surface area contributed by atoms with E-state index in [4.69, 9.17) is 5.26 Å². The van der Waals surface area contributed by atoms with Gasteiger partial charge in [0.25, 0.3) is 0 Å². The molecule has 0 aromatic carbocycles. The summed E-state index contributed by atoms with van der Waals surface area (Å²) in [4.78, 5) is 12.9. The van der Waals surface area contributed by atoms with Gasteiger partial charge in [0.2, 0.25) is 5.82 Å². The topological polar surface area (TPSA) is 88.0 Å². The summed E-state index contributed by atoms with van der Waals surface area (Å²) in [6.45, 7) is 10.8. The van der Waals surface area contributed by atoms with Crippen molar-refractivity contribution in [2.24, 2.45) is 5.92 Å². The predicted molar refractivity (Wildman–Crippen MR) is 81.3 cm³/mol. The number of nitriles is 1. The number of hydrogen-bond acceptors (Lipinski definition) is 5. The molecule has 1 aromatic rings. The molecule has 0 saturated heterocycles. The van der Waals surface area contributed by atoms with Crippen molar-refractivity contribution in [3.8, 4) is 6.07 Å². The minimum Gasteiger partial charge on any atom is -0.350 e. The first kappa shape index (κ1) is 17.0. The Hall–Kier alpha value is -2.10. The molecule has 1 rings (SSSR count). The van der Waals surface area contributed by atoms with Crippen LogP contribution in [0.3, 0.4) is 0 Å². The molecule has 0 bridgehead atoms. The van der Waals surface area contributed by atoms with E-state index in [9.17, 15) is 10.1 Å². The van der Waals surface area contributed by atoms with E-state index in [0.717, 1.165) is 0 Å². The minimum absolute atomic E-state index is 0.0177. The van der Waals surface area contributed by atoms with Gasteiger partial charge in [0, 0.05) is 19.1 Å². The summed E-state index contributed by atoms with van der Waals surface area (Å²) in [6, 6.07) is 2.12. The minimum atomic E-state index is -0.379. The summed E-state index contributed by atoms with van der Waals surface area (Å²) < 4.78 is 1.69. The van der Waals surface area contributed by atoms with E-state index >= 15 is 0 Å². The van der Waals surface area contributed by atoms with Crippen molar-refractivity contribution < 1.29 is 4.92 Å². The van der Waals surface area contributed by atoms with Crippen LogP contribution in [0, 0.1) is 34.3 Å². The van der Waals surface area contributed by atoms with Crippen LogP contribution in [-0.4, -0.2) is 27.8 Å². The Balaban J connectivity index is 3.38. The molecule has 0 N–H and O–H groups in total. The van der Waals surface area contributed by atoms with Crippen LogP contribution in [0.25, 0.3) is 0 Å². The monoisotopic (exact) mass is 293 g/mol. The highest BCUT2D eigenvalue weighted by molar-refractivity contribution is 5.61. The lowest BCUT2D eigenvalue weighted by Crippen LogP contribution is -2.31. The molecule has 1 heterocycles. The van der Waals surface area contributed by atoms with Gasteiger partial charge in [-0.2, -0.15) is 10.4 Å². The van der Waals surface area contributed by atoms with E-state index in [1.165, 1.54) is 0 Å². The van der Waals surface area contributed by atoms with Crippen LogP contribution in [0.5, 0.6) is 0 Å². The normalized spacial score (nSPS) is 11.0. The fourth-order valence-electron chi connectivity index (χ4n) is 2.30. The Bertz CT molecular complexity index is 542. The number of hydrogen-bond donors (Lipinski definition) is 0. The van der Waals surface area contributed by atoms with Crippen molar-refractivity contribution in [3.63, 3.8) is 0 Å². The maximum atomic E-state index is 11.4. The van der Waals surface area contributed by atoms with Gasteiger partial charge in [-0.05, 0) is 26.7 Å². The Morgan fingerprint density at radius 2 is 2.05 bits per heavy atom. The van der Waals surface area contributed by atoms with Crippen molar-refractivity contribution in [1.29, 1.82) is 5.26 Å². The number of anilines is 1. The number of nitrogens with zero attached hydrogens (tertiary/aromatic N) is 5. The summed E-state index contributed by atoms with van der Waals surface area (Å²) in [5, 5.41) is 24.5. The van der Waals surface area contributed by atoms with Crippen molar-refractivity contribution in [1.82, 2.24) is 9.78 Å². The van der Waals surface area contributed by atoms with Crippen LogP contribution >= 0.6 is 0 Å². The first-order chi connectivity index (χ1) is 9.79. The molecule has 21 heavy (non-hydrogen) atoms. The summed E-state index contributed by atoms with van der Waals surface area (Å²) in [7, 11) is 0. The Labute approximate surface area is 125 Å². The van der Waals surface area contributed by atoms with Gasteiger partial charge >= 0.3 is 5.69 Å². The summed E-state index contributed by atoms with van der Waals surface area (Å²) >= 11 is 0. The Morgan fingerprint density at radius 1 is 1.43 bits per heavy atom. The van der Waals surface area contributed by atoms with E-state index in [2.05, 4.69) is 11.2 Å². The Morgan fingerprint density at radius 3 is 2.48 bits per heavy atom. The van der Waals surface area contributed by atoms with Gasteiger partial charge in [-0.15, -0.1) is 0 Å². The first-order valence-corrected chi connectivity index (χ1v) is 7.15. The first-order valence-electron chi connectivity index (χ1n) is 7.15. The second-order valence-corrected chi connectivity index (χ2v) is 5.80. The fourth-order valence-corrected chi connectivity index (χ4v) is 2.30. The molecule has 0 aliphatic carbocycles. The van der Waals surface area contributed by atoms with Crippen molar-refractivity contribution in [2.45, 2.75) is 47.1 Å². The number of rotatable bonds is 7. The third kappa shape index (κ3) is 3.94. The predicted octanol–water partition coefficient (Wildman–Crippen LogP) is 3.06. The van der Waals surface area contributed by atoms with E-state index in [0.29, 0.717) is 36.9 Å². The van der Waals surface area contributed by atoms with Gasteiger partial charge in [-0.3, -0.25) is 10.1 Å². The maximum absolute atomic E-state index is 11.4. The van der Waals surface area contributed by atoms with Gasteiger partial charge in [-0.25, -0.2) is 4.68 Å². The summed E-state index contributed by atoms with van der Waals surface area (Å²) in [6.07, 6.45) is 0.326. The van der Waals surface area contributed by atoms with Crippen molar-refractivity contribution in [3.05, 3.63) is 15.8 Å². The molecule has 7 nitrogen and oxygen atoms in total. The molecule has 0 spiro atoms. The Kier molecular flexibility index (Phi) is 5.70. The molecule has 0 radical (unpaired) electrons. The molecule has 0 fully saturated rings. The van der Waals surface area contributed by atoms with E-state index in [1.54, 1.807) is 11.6 Å². The third-order valence-corrected chi connectivity index (χ3v) is 3.08. The molecular formula is C14H23N5O2. The standard InChI is InChI=1S/C14H23N5O2/c1-10(2)9-17(8-6-7-15)14-13(19(20)21)12(5)16-18(14)11(3)4/h10-11H,6,8-9H2,1-5H3. The highest BCUT2D eigenvalue weighted by atomic mass is 16.6. The molecule has 0 saturated carbocycles. The van der Waals surface area contributed by atoms with Crippen LogP contribution in [-0.2, 0) is 0 Å². The molecular weight excluding hydrogens is 270 g/mol. The van der Waals surface area contributed by atoms with Gasteiger partial charge in [0.1, 0.15) is 5.69 Å². The van der Waals surface area contributed by atoms with Crippen LogP contribution in [0.1, 0.15) is 45.9 Å². The van der Waals surface area contributed by atoms with Crippen LogP contribution in [0.4, 0.5) is 11.5 Å². The van der Waals surface area contributed by atoms with E-state index in [-0.39, 0.29) is 16.7 Å². The van der Waals surface area contributed by atoms with Crippen molar-refractivity contribution >= 4 is 11.5 Å². The second kappa shape index (κ2) is 7.07. The van der Waals surface area contributed by atoms with Crippen LogP contribution in [0.15, 0.2) is 0 Å². The number of aryl methyl sites for hydroxylation is 1. The lowest BCUT2D eigenvalue weighted by atomic mass is 10.2. The molecule has 0 aliphatic heterocycles. The molecule has 0 amide bonds. The number of aromatic nitrogens is 2. The molecule has 116 valence electrons. The van der Waals surface area contributed by atoms with E-state index in [1.807, 2.05) is 32.6 Å². The lowest BCUT2D eigenvalue weighted by Gasteiger charge is -2.26. The lowest BCUT2D eigenvalue weighted by molar-refractivity contribution is -0.384. The number of nitro groups is 1. The van der Waals surface area contributed by atoms with Gasteiger partial charge in [-0.1, -0.05) is 13.8 Å². The van der Waals surface area contributed by atoms with Crippen molar-refractivity contribution in [2.75, 3.05) is 18.0 Å². The fraction of sp³-hybridized carbons (Fsp3) is 0.714. The zero-order chi connectivity index (χ0) is 16.2. The molecule has 0 atom stereocenters.